The molecule has 1 aliphatic rings. The van der Waals surface area contributed by atoms with E-state index in [0.29, 0.717) is 5.92 Å². The van der Waals surface area contributed by atoms with Gasteiger partial charge in [0.2, 0.25) is 6.41 Å². The van der Waals surface area contributed by atoms with Gasteiger partial charge in [0.1, 0.15) is 0 Å². The highest BCUT2D eigenvalue weighted by molar-refractivity contribution is 5.73. The lowest BCUT2D eigenvalue weighted by molar-refractivity contribution is -0.105. The molecule has 0 heterocycles. The van der Waals surface area contributed by atoms with Crippen LogP contribution in [0.5, 0.6) is 0 Å². The van der Waals surface area contributed by atoms with Gasteiger partial charge in [-0.3, -0.25) is 4.79 Å². The molecule has 0 unspecified atom stereocenters. The third-order valence-electron chi connectivity index (χ3n) is 3.22. The molecule has 80 valence electrons. The van der Waals surface area contributed by atoms with Gasteiger partial charge in [-0.2, -0.15) is 0 Å². The lowest BCUT2D eigenvalue weighted by Crippen LogP contribution is -2.08. The molecular weight excluding hydrogens is 186 g/mol. The van der Waals surface area contributed by atoms with Crippen LogP contribution in [0.15, 0.2) is 24.3 Å². The van der Waals surface area contributed by atoms with Crippen molar-refractivity contribution in [2.45, 2.75) is 38.0 Å². The highest BCUT2D eigenvalue weighted by Gasteiger charge is 2.17. The summed E-state index contributed by atoms with van der Waals surface area (Å²) >= 11 is 0. The van der Waals surface area contributed by atoms with Crippen LogP contribution < -0.4 is 5.32 Å². The van der Waals surface area contributed by atoms with E-state index in [1.165, 1.54) is 37.7 Å². The maximum absolute atomic E-state index is 10.5. The molecule has 0 radical (unpaired) electrons. The van der Waals surface area contributed by atoms with Gasteiger partial charge >= 0.3 is 0 Å². The standard InChI is InChI=1S/C13H17NO/c15-10-14-13-9-5-4-8-12(13)11-6-2-1-3-7-11/h4-5,8-11H,1-3,6-7H2,(H,14,15). The van der Waals surface area contributed by atoms with Crippen LogP contribution in [0.2, 0.25) is 0 Å². The number of amides is 1. The van der Waals surface area contributed by atoms with Gasteiger partial charge < -0.3 is 5.32 Å². The summed E-state index contributed by atoms with van der Waals surface area (Å²) in [5.74, 6) is 0.641. The minimum absolute atomic E-state index is 0.641. The Balaban J connectivity index is 2.20. The Hall–Kier alpha value is -1.31. The first-order valence-corrected chi connectivity index (χ1v) is 5.71. The number of rotatable bonds is 3. The quantitative estimate of drug-likeness (QED) is 0.750. The number of para-hydroxylation sites is 1. The predicted molar refractivity (Wildman–Crippen MR) is 62.0 cm³/mol. The van der Waals surface area contributed by atoms with E-state index < -0.39 is 0 Å². The van der Waals surface area contributed by atoms with Crippen molar-refractivity contribution in [3.8, 4) is 0 Å². The molecule has 1 aromatic rings. The summed E-state index contributed by atoms with van der Waals surface area (Å²) in [6.07, 6.45) is 7.29. The highest BCUT2D eigenvalue weighted by Crippen LogP contribution is 2.35. The van der Waals surface area contributed by atoms with Gasteiger partial charge in [-0.15, -0.1) is 0 Å². The third kappa shape index (κ3) is 2.38. The van der Waals surface area contributed by atoms with Gasteiger partial charge in [-0.05, 0) is 30.4 Å². The molecule has 2 heteroatoms. The number of anilines is 1. The molecule has 1 aliphatic carbocycles. The number of hydrogen-bond acceptors (Lipinski definition) is 1. The average Bonchev–Trinajstić information content (AvgIpc) is 2.31. The first-order chi connectivity index (χ1) is 7.42. The summed E-state index contributed by atoms with van der Waals surface area (Å²) < 4.78 is 0. The van der Waals surface area contributed by atoms with Crippen LogP contribution in [-0.2, 0) is 4.79 Å². The second kappa shape index (κ2) is 4.96. The maximum atomic E-state index is 10.5. The molecule has 1 amide bonds. The van der Waals surface area contributed by atoms with E-state index in [0.717, 1.165) is 12.1 Å². The second-order valence-corrected chi connectivity index (χ2v) is 4.18. The Labute approximate surface area is 90.7 Å². The van der Waals surface area contributed by atoms with E-state index in [-0.39, 0.29) is 0 Å². The van der Waals surface area contributed by atoms with Crippen LogP contribution in [0.4, 0.5) is 5.69 Å². The first-order valence-electron chi connectivity index (χ1n) is 5.71. The first kappa shape index (κ1) is 10.2. The zero-order valence-electron chi connectivity index (χ0n) is 8.91. The Morgan fingerprint density at radius 3 is 2.60 bits per heavy atom. The third-order valence-corrected chi connectivity index (χ3v) is 3.22. The Morgan fingerprint density at radius 1 is 1.13 bits per heavy atom. The molecule has 2 rings (SSSR count). The topological polar surface area (TPSA) is 29.1 Å². The number of benzene rings is 1. The van der Waals surface area contributed by atoms with E-state index >= 15 is 0 Å². The smallest absolute Gasteiger partial charge is 0.211 e. The fourth-order valence-corrected chi connectivity index (χ4v) is 2.46. The fourth-order valence-electron chi connectivity index (χ4n) is 2.46. The minimum atomic E-state index is 0.641. The van der Waals surface area contributed by atoms with Crippen LogP contribution in [-0.4, -0.2) is 6.41 Å². The Kier molecular flexibility index (Phi) is 3.38. The van der Waals surface area contributed by atoms with Gasteiger partial charge in [0.25, 0.3) is 0 Å². The monoisotopic (exact) mass is 203 g/mol. The largest absolute Gasteiger partial charge is 0.328 e. The Bertz CT molecular complexity index is 329. The molecule has 0 spiro atoms. The van der Waals surface area contributed by atoms with Crippen LogP contribution in [0, 0.1) is 0 Å². The fraction of sp³-hybridized carbons (Fsp3) is 0.462. The number of carbonyl (C=O) groups excluding carboxylic acids is 1. The van der Waals surface area contributed by atoms with Crippen molar-refractivity contribution in [1.29, 1.82) is 0 Å². The lowest BCUT2D eigenvalue weighted by atomic mass is 9.83. The van der Waals surface area contributed by atoms with Crippen molar-refractivity contribution in [3.63, 3.8) is 0 Å². The second-order valence-electron chi connectivity index (χ2n) is 4.18. The minimum Gasteiger partial charge on any atom is -0.328 e. The van der Waals surface area contributed by atoms with Crippen molar-refractivity contribution >= 4 is 12.1 Å². The van der Waals surface area contributed by atoms with Crippen molar-refractivity contribution in [2.24, 2.45) is 0 Å². The van der Waals surface area contributed by atoms with Crippen molar-refractivity contribution in [1.82, 2.24) is 0 Å². The lowest BCUT2D eigenvalue weighted by Gasteiger charge is -2.23. The van der Waals surface area contributed by atoms with Crippen LogP contribution >= 0.6 is 0 Å². The summed E-state index contributed by atoms with van der Waals surface area (Å²) in [4.78, 5) is 10.5. The summed E-state index contributed by atoms with van der Waals surface area (Å²) in [5, 5.41) is 2.79. The van der Waals surface area contributed by atoms with Gasteiger partial charge in [-0.25, -0.2) is 0 Å². The number of carbonyl (C=O) groups is 1. The van der Waals surface area contributed by atoms with Gasteiger partial charge in [0, 0.05) is 5.69 Å². The Morgan fingerprint density at radius 2 is 1.87 bits per heavy atom. The summed E-state index contributed by atoms with van der Waals surface area (Å²) in [5.41, 5.74) is 2.30. The van der Waals surface area contributed by atoms with Crippen molar-refractivity contribution in [3.05, 3.63) is 29.8 Å². The SMILES string of the molecule is O=CNc1ccccc1C1CCCCC1. The van der Waals surface area contributed by atoms with E-state index in [2.05, 4.69) is 17.4 Å². The van der Waals surface area contributed by atoms with E-state index in [1.807, 2.05) is 12.1 Å². The van der Waals surface area contributed by atoms with Gasteiger partial charge in [-0.1, -0.05) is 37.5 Å². The molecule has 1 saturated carbocycles. The molecule has 0 atom stereocenters. The van der Waals surface area contributed by atoms with Crippen LogP contribution in [0.25, 0.3) is 0 Å². The molecule has 0 saturated heterocycles. The number of hydrogen-bond donors (Lipinski definition) is 1. The zero-order valence-corrected chi connectivity index (χ0v) is 8.91. The average molecular weight is 203 g/mol. The van der Waals surface area contributed by atoms with Crippen molar-refractivity contribution in [2.75, 3.05) is 5.32 Å². The maximum Gasteiger partial charge on any atom is 0.211 e. The summed E-state index contributed by atoms with van der Waals surface area (Å²) in [6, 6.07) is 8.15. The molecule has 2 nitrogen and oxygen atoms in total. The highest BCUT2D eigenvalue weighted by atomic mass is 16.1. The van der Waals surface area contributed by atoms with Crippen LogP contribution in [0.1, 0.15) is 43.6 Å². The van der Waals surface area contributed by atoms with E-state index in [1.54, 1.807) is 0 Å². The molecule has 0 aromatic heterocycles. The zero-order chi connectivity index (χ0) is 10.5. The predicted octanol–water partition coefficient (Wildman–Crippen LogP) is 3.30. The summed E-state index contributed by atoms with van der Waals surface area (Å²) in [7, 11) is 0. The molecule has 1 N–H and O–H groups in total. The molecule has 0 bridgehead atoms. The van der Waals surface area contributed by atoms with Gasteiger partial charge in [0.05, 0.1) is 0 Å². The molecule has 15 heavy (non-hydrogen) atoms. The molecular formula is C13H17NO. The van der Waals surface area contributed by atoms with Crippen LogP contribution in [0.3, 0.4) is 0 Å². The van der Waals surface area contributed by atoms with Gasteiger partial charge in [0.15, 0.2) is 0 Å². The van der Waals surface area contributed by atoms with E-state index in [4.69, 9.17) is 0 Å². The molecule has 1 aromatic carbocycles. The summed E-state index contributed by atoms with van der Waals surface area (Å²) in [6.45, 7) is 0. The van der Waals surface area contributed by atoms with Crippen molar-refractivity contribution < 1.29 is 4.79 Å². The number of nitrogens with one attached hydrogen (secondary N) is 1. The van der Waals surface area contributed by atoms with E-state index in [9.17, 15) is 4.79 Å². The normalized spacial score (nSPS) is 17.3. The molecule has 1 fully saturated rings. The molecule has 0 aliphatic heterocycles.